The predicted molar refractivity (Wildman–Crippen MR) is 79.8 cm³/mol. The summed E-state index contributed by atoms with van der Waals surface area (Å²) in [4.78, 5) is 25.5. The predicted octanol–water partition coefficient (Wildman–Crippen LogP) is 1.56. The van der Waals surface area contributed by atoms with E-state index in [1.54, 1.807) is 12.4 Å². The topological polar surface area (TPSA) is 49.3 Å². The van der Waals surface area contributed by atoms with Crippen molar-refractivity contribution in [1.82, 2.24) is 14.9 Å². The summed E-state index contributed by atoms with van der Waals surface area (Å²) in [6.07, 6.45) is 8.62. The lowest BCUT2D eigenvalue weighted by Crippen LogP contribution is -2.51. The molecule has 5 heteroatoms. The minimum atomic E-state index is 0.322. The summed E-state index contributed by atoms with van der Waals surface area (Å²) >= 11 is 0. The smallest absolute Gasteiger partial charge is 0.226 e. The van der Waals surface area contributed by atoms with Crippen molar-refractivity contribution in [2.75, 3.05) is 31.1 Å². The third-order valence-corrected chi connectivity index (χ3v) is 5.48. The minimum absolute atomic E-state index is 0.322. The van der Waals surface area contributed by atoms with Crippen LogP contribution in [0.2, 0.25) is 0 Å². The third kappa shape index (κ3) is 2.39. The molecule has 1 aromatic heterocycles. The van der Waals surface area contributed by atoms with Crippen LogP contribution < -0.4 is 4.90 Å². The second-order valence-electron chi connectivity index (χ2n) is 6.64. The van der Waals surface area contributed by atoms with Gasteiger partial charge in [-0.05, 0) is 37.2 Å². The normalized spacial score (nSPS) is 31.7. The van der Waals surface area contributed by atoms with Gasteiger partial charge in [0.15, 0.2) is 0 Å². The van der Waals surface area contributed by atoms with E-state index in [2.05, 4.69) is 19.8 Å². The Labute approximate surface area is 125 Å². The van der Waals surface area contributed by atoms with Gasteiger partial charge in [0.2, 0.25) is 11.9 Å². The highest BCUT2D eigenvalue weighted by Crippen LogP contribution is 2.48. The fraction of sp³-hybridized carbons (Fsp3) is 0.688. The Balaban J connectivity index is 1.36. The number of hydrogen-bond donors (Lipinski definition) is 0. The highest BCUT2D eigenvalue weighted by Gasteiger charge is 2.44. The Hall–Kier alpha value is -1.65. The van der Waals surface area contributed by atoms with Gasteiger partial charge in [0.05, 0.1) is 0 Å². The Morgan fingerprint density at radius 2 is 1.81 bits per heavy atom. The average Bonchev–Trinajstić information content (AvgIpc) is 3.18. The Bertz CT molecular complexity index is 512. The number of amides is 1. The van der Waals surface area contributed by atoms with E-state index in [-0.39, 0.29) is 0 Å². The first-order valence-corrected chi connectivity index (χ1v) is 8.12. The summed E-state index contributed by atoms with van der Waals surface area (Å²) in [5, 5.41) is 0. The molecule has 2 aliphatic carbocycles. The van der Waals surface area contributed by atoms with Gasteiger partial charge < -0.3 is 9.80 Å². The van der Waals surface area contributed by atoms with Crippen LogP contribution in [0.15, 0.2) is 18.5 Å². The fourth-order valence-corrected chi connectivity index (χ4v) is 4.36. The molecule has 1 aliphatic heterocycles. The highest BCUT2D eigenvalue weighted by molar-refractivity contribution is 5.80. The molecule has 5 nitrogen and oxygen atoms in total. The van der Waals surface area contributed by atoms with Crippen LogP contribution in [0.25, 0.3) is 0 Å². The van der Waals surface area contributed by atoms with Crippen molar-refractivity contribution >= 4 is 11.9 Å². The van der Waals surface area contributed by atoms with E-state index in [9.17, 15) is 4.79 Å². The molecule has 3 aliphatic rings. The summed E-state index contributed by atoms with van der Waals surface area (Å²) in [5.74, 6) is 3.03. The van der Waals surface area contributed by atoms with E-state index >= 15 is 0 Å². The van der Waals surface area contributed by atoms with Gasteiger partial charge in [-0.25, -0.2) is 9.97 Å². The molecular formula is C16H22N4O. The fourth-order valence-electron chi connectivity index (χ4n) is 4.36. The standard InChI is InChI=1S/C16H22N4O/c21-15(14-11-12-2-3-13(14)10-12)19-6-8-20(9-7-19)16-17-4-1-5-18-16/h1,4-5,12-14H,2-3,6-11H2/t12-,13-,14+/m0/s1. The van der Waals surface area contributed by atoms with Gasteiger partial charge in [0, 0.05) is 44.5 Å². The number of anilines is 1. The van der Waals surface area contributed by atoms with E-state index in [1.807, 2.05) is 6.07 Å². The zero-order valence-corrected chi connectivity index (χ0v) is 12.3. The number of rotatable bonds is 2. The van der Waals surface area contributed by atoms with Gasteiger partial charge in [-0.2, -0.15) is 0 Å². The number of aromatic nitrogens is 2. The van der Waals surface area contributed by atoms with Gasteiger partial charge >= 0.3 is 0 Å². The molecule has 1 saturated heterocycles. The number of hydrogen-bond acceptors (Lipinski definition) is 4. The number of nitrogens with zero attached hydrogens (tertiary/aromatic N) is 4. The van der Waals surface area contributed by atoms with Gasteiger partial charge in [-0.1, -0.05) is 6.42 Å². The first-order chi connectivity index (χ1) is 10.3. The largest absolute Gasteiger partial charge is 0.339 e. The first-order valence-electron chi connectivity index (χ1n) is 8.12. The zero-order chi connectivity index (χ0) is 14.2. The average molecular weight is 286 g/mol. The van der Waals surface area contributed by atoms with Crippen LogP contribution in [-0.4, -0.2) is 47.0 Å². The molecule has 2 saturated carbocycles. The van der Waals surface area contributed by atoms with Crippen LogP contribution in [-0.2, 0) is 4.79 Å². The van der Waals surface area contributed by atoms with E-state index in [0.717, 1.165) is 44.5 Å². The molecular weight excluding hydrogens is 264 g/mol. The summed E-state index contributed by atoms with van der Waals surface area (Å²) in [6.45, 7) is 3.31. The second-order valence-corrected chi connectivity index (χ2v) is 6.64. The van der Waals surface area contributed by atoms with Gasteiger partial charge in [0.25, 0.3) is 0 Å². The van der Waals surface area contributed by atoms with Crippen molar-refractivity contribution in [3.8, 4) is 0 Å². The Morgan fingerprint density at radius 3 is 2.43 bits per heavy atom. The van der Waals surface area contributed by atoms with Crippen LogP contribution in [0, 0.1) is 17.8 Å². The van der Waals surface area contributed by atoms with Crippen molar-refractivity contribution in [3.05, 3.63) is 18.5 Å². The molecule has 3 atom stereocenters. The summed E-state index contributed by atoms with van der Waals surface area (Å²) < 4.78 is 0. The number of carbonyl (C=O) groups excluding carboxylic acids is 1. The SMILES string of the molecule is O=C([C@@H]1C[C@H]2CC[C@H]1C2)N1CCN(c2ncccn2)CC1. The molecule has 0 aromatic carbocycles. The lowest BCUT2D eigenvalue weighted by atomic mass is 9.87. The van der Waals surface area contributed by atoms with Crippen LogP contribution >= 0.6 is 0 Å². The van der Waals surface area contributed by atoms with E-state index < -0.39 is 0 Å². The maximum absolute atomic E-state index is 12.7. The molecule has 21 heavy (non-hydrogen) atoms. The van der Waals surface area contributed by atoms with E-state index in [4.69, 9.17) is 0 Å². The lowest BCUT2D eigenvalue weighted by Gasteiger charge is -2.37. The van der Waals surface area contributed by atoms with Crippen molar-refractivity contribution in [1.29, 1.82) is 0 Å². The summed E-state index contributed by atoms with van der Waals surface area (Å²) in [7, 11) is 0. The summed E-state index contributed by atoms with van der Waals surface area (Å²) in [5.41, 5.74) is 0. The molecule has 1 aromatic rings. The zero-order valence-electron chi connectivity index (χ0n) is 12.3. The van der Waals surface area contributed by atoms with Crippen molar-refractivity contribution < 1.29 is 4.79 Å². The first kappa shape index (κ1) is 13.0. The van der Waals surface area contributed by atoms with E-state index in [0.29, 0.717) is 17.7 Å². The Morgan fingerprint density at radius 1 is 1.05 bits per heavy atom. The molecule has 3 fully saturated rings. The quantitative estimate of drug-likeness (QED) is 0.828. The van der Waals surface area contributed by atoms with Gasteiger partial charge in [-0.3, -0.25) is 4.79 Å². The molecule has 0 unspecified atom stereocenters. The molecule has 0 radical (unpaired) electrons. The maximum Gasteiger partial charge on any atom is 0.226 e. The van der Waals surface area contributed by atoms with Crippen LogP contribution in [0.4, 0.5) is 5.95 Å². The maximum atomic E-state index is 12.7. The Kier molecular flexibility index (Phi) is 3.28. The van der Waals surface area contributed by atoms with Crippen molar-refractivity contribution in [2.45, 2.75) is 25.7 Å². The molecule has 112 valence electrons. The number of carbonyl (C=O) groups is 1. The van der Waals surface area contributed by atoms with Crippen molar-refractivity contribution in [3.63, 3.8) is 0 Å². The highest BCUT2D eigenvalue weighted by atomic mass is 16.2. The van der Waals surface area contributed by atoms with Gasteiger partial charge in [-0.15, -0.1) is 0 Å². The van der Waals surface area contributed by atoms with Gasteiger partial charge in [0.1, 0.15) is 0 Å². The molecule has 2 bridgehead atoms. The molecule has 1 amide bonds. The lowest BCUT2D eigenvalue weighted by molar-refractivity contribution is -0.137. The molecule has 0 N–H and O–H groups in total. The van der Waals surface area contributed by atoms with Crippen LogP contribution in [0.5, 0.6) is 0 Å². The minimum Gasteiger partial charge on any atom is -0.339 e. The van der Waals surface area contributed by atoms with Crippen LogP contribution in [0.3, 0.4) is 0 Å². The number of piperazine rings is 1. The monoisotopic (exact) mass is 286 g/mol. The molecule has 0 spiro atoms. The van der Waals surface area contributed by atoms with E-state index in [1.165, 1.54) is 19.3 Å². The van der Waals surface area contributed by atoms with Crippen molar-refractivity contribution in [2.24, 2.45) is 17.8 Å². The summed E-state index contributed by atoms with van der Waals surface area (Å²) in [6, 6.07) is 1.83. The third-order valence-electron chi connectivity index (χ3n) is 5.48. The van der Waals surface area contributed by atoms with Crippen LogP contribution in [0.1, 0.15) is 25.7 Å². The second kappa shape index (κ2) is 5.28. The molecule has 4 rings (SSSR count). The number of fused-ring (bicyclic) bond motifs is 2. The molecule has 2 heterocycles.